The minimum absolute atomic E-state index is 0.0164. The Morgan fingerprint density at radius 2 is 2.29 bits per heavy atom. The van der Waals surface area contributed by atoms with Crippen LogP contribution in [0.4, 0.5) is 0 Å². The summed E-state index contributed by atoms with van der Waals surface area (Å²) in [6, 6.07) is 7.71. The van der Waals surface area contributed by atoms with Crippen molar-refractivity contribution in [3.05, 3.63) is 29.8 Å². The van der Waals surface area contributed by atoms with E-state index in [0.29, 0.717) is 0 Å². The molecule has 0 heterocycles. The van der Waals surface area contributed by atoms with Crippen LogP contribution in [0.2, 0.25) is 0 Å². The molecule has 3 heteroatoms. The Labute approximate surface area is 84.5 Å². The van der Waals surface area contributed by atoms with Crippen molar-refractivity contribution in [3.63, 3.8) is 0 Å². The molecule has 1 aromatic rings. The fraction of sp³-hybridized carbons (Fsp3) is 0.455. The molecule has 0 amide bonds. The second-order valence-corrected chi connectivity index (χ2v) is 3.25. The van der Waals surface area contributed by atoms with Gasteiger partial charge in [-0.2, -0.15) is 0 Å². The lowest BCUT2D eigenvalue weighted by atomic mass is 10.0. The van der Waals surface area contributed by atoms with Gasteiger partial charge >= 0.3 is 0 Å². The zero-order valence-corrected chi connectivity index (χ0v) is 8.44. The summed E-state index contributed by atoms with van der Waals surface area (Å²) in [6.45, 7) is 0.192. The summed E-state index contributed by atoms with van der Waals surface area (Å²) in [5.41, 5.74) is 6.99. The van der Waals surface area contributed by atoms with Crippen molar-refractivity contribution in [3.8, 4) is 5.75 Å². The maximum atomic E-state index is 8.68. The second kappa shape index (κ2) is 5.62. The van der Waals surface area contributed by atoms with E-state index >= 15 is 0 Å². The van der Waals surface area contributed by atoms with Crippen molar-refractivity contribution < 1.29 is 9.84 Å². The average Bonchev–Trinajstić information content (AvgIpc) is 2.26. The number of methoxy groups -OCH3 is 1. The smallest absolute Gasteiger partial charge is 0.119 e. The fourth-order valence-electron chi connectivity index (χ4n) is 1.35. The average molecular weight is 195 g/mol. The Morgan fingerprint density at radius 3 is 2.93 bits per heavy atom. The third-order valence-corrected chi connectivity index (χ3v) is 2.20. The Morgan fingerprint density at radius 1 is 1.50 bits per heavy atom. The second-order valence-electron chi connectivity index (χ2n) is 3.25. The highest BCUT2D eigenvalue weighted by Gasteiger charge is 2.05. The van der Waals surface area contributed by atoms with Gasteiger partial charge in [-0.25, -0.2) is 0 Å². The molecule has 0 saturated heterocycles. The molecule has 0 spiro atoms. The topological polar surface area (TPSA) is 55.5 Å². The quantitative estimate of drug-likeness (QED) is 0.748. The van der Waals surface area contributed by atoms with Gasteiger partial charge in [-0.15, -0.1) is 0 Å². The number of hydrogen-bond acceptors (Lipinski definition) is 3. The number of aliphatic hydroxyl groups excluding tert-OH is 1. The largest absolute Gasteiger partial charge is 0.497 e. The van der Waals surface area contributed by atoms with Crippen LogP contribution in [0.3, 0.4) is 0 Å². The first-order valence-corrected chi connectivity index (χ1v) is 4.78. The molecule has 3 N–H and O–H groups in total. The molecule has 3 nitrogen and oxygen atoms in total. The first-order chi connectivity index (χ1) is 6.77. The SMILES string of the molecule is COc1cccc([C@@H](N)CCCO)c1. The van der Waals surface area contributed by atoms with Gasteiger partial charge in [-0.3, -0.25) is 0 Å². The summed E-state index contributed by atoms with van der Waals surface area (Å²) in [6.07, 6.45) is 1.53. The van der Waals surface area contributed by atoms with Crippen LogP contribution >= 0.6 is 0 Å². The molecule has 78 valence electrons. The predicted octanol–water partition coefficient (Wildman–Crippen LogP) is 1.47. The van der Waals surface area contributed by atoms with Gasteiger partial charge in [0.25, 0.3) is 0 Å². The van der Waals surface area contributed by atoms with E-state index in [0.717, 1.165) is 24.2 Å². The molecule has 0 aliphatic heterocycles. The maximum absolute atomic E-state index is 8.68. The molecule has 1 atom stereocenters. The van der Waals surface area contributed by atoms with Crippen molar-refractivity contribution in [2.24, 2.45) is 5.73 Å². The summed E-state index contributed by atoms with van der Waals surface area (Å²) < 4.78 is 5.10. The molecule has 0 bridgehead atoms. The minimum Gasteiger partial charge on any atom is -0.497 e. The third kappa shape index (κ3) is 3.01. The van der Waals surface area contributed by atoms with E-state index in [9.17, 15) is 0 Å². The first-order valence-electron chi connectivity index (χ1n) is 4.78. The maximum Gasteiger partial charge on any atom is 0.119 e. The van der Waals surface area contributed by atoms with E-state index in [1.807, 2.05) is 24.3 Å². The lowest BCUT2D eigenvalue weighted by molar-refractivity contribution is 0.280. The van der Waals surface area contributed by atoms with Crippen LogP contribution in [0.25, 0.3) is 0 Å². The van der Waals surface area contributed by atoms with Gasteiger partial charge in [0.2, 0.25) is 0 Å². The van der Waals surface area contributed by atoms with Crippen LogP contribution < -0.4 is 10.5 Å². The number of aliphatic hydroxyl groups is 1. The zero-order valence-electron chi connectivity index (χ0n) is 8.44. The van der Waals surface area contributed by atoms with Gasteiger partial charge in [0, 0.05) is 12.6 Å². The Bertz CT molecular complexity index is 276. The normalized spacial score (nSPS) is 12.5. The highest BCUT2D eigenvalue weighted by molar-refractivity contribution is 5.30. The number of rotatable bonds is 5. The molecular weight excluding hydrogens is 178 g/mol. The van der Waals surface area contributed by atoms with Crippen LogP contribution in [0.5, 0.6) is 5.75 Å². The molecule has 1 rings (SSSR count). The van der Waals surface area contributed by atoms with E-state index < -0.39 is 0 Å². The number of benzene rings is 1. The summed E-state index contributed by atoms with van der Waals surface area (Å²) in [5.74, 6) is 0.821. The van der Waals surface area contributed by atoms with Gasteiger partial charge in [0.15, 0.2) is 0 Å². The highest BCUT2D eigenvalue weighted by atomic mass is 16.5. The molecular formula is C11H17NO2. The van der Waals surface area contributed by atoms with Crippen molar-refractivity contribution in [1.82, 2.24) is 0 Å². The van der Waals surface area contributed by atoms with E-state index in [-0.39, 0.29) is 12.6 Å². The molecule has 14 heavy (non-hydrogen) atoms. The van der Waals surface area contributed by atoms with E-state index in [1.165, 1.54) is 0 Å². The molecule has 0 saturated carbocycles. The van der Waals surface area contributed by atoms with Crippen LogP contribution in [0.1, 0.15) is 24.4 Å². The van der Waals surface area contributed by atoms with Crippen molar-refractivity contribution in [2.45, 2.75) is 18.9 Å². The Balaban J connectivity index is 2.64. The summed E-state index contributed by atoms with van der Waals surface area (Å²) in [4.78, 5) is 0. The first kappa shape index (κ1) is 11.0. The standard InChI is InChI=1S/C11H17NO2/c1-14-10-5-2-4-9(8-10)11(12)6-3-7-13/h2,4-5,8,11,13H,3,6-7,12H2,1H3/t11-/m0/s1. The van der Waals surface area contributed by atoms with E-state index in [1.54, 1.807) is 7.11 Å². The molecule has 0 fully saturated rings. The van der Waals surface area contributed by atoms with E-state index in [2.05, 4.69) is 0 Å². The van der Waals surface area contributed by atoms with Crippen LogP contribution in [0.15, 0.2) is 24.3 Å². The Kier molecular flexibility index (Phi) is 4.43. The third-order valence-electron chi connectivity index (χ3n) is 2.20. The molecule has 1 aromatic carbocycles. The summed E-state index contributed by atoms with van der Waals surface area (Å²) in [5, 5.41) is 8.68. The number of ether oxygens (including phenoxy) is 1. The summed E-state index contributed by atoms with van der Waals surface area (Å²) >= 11 is 0. The van der Waals surface area contributed by atoms with Gasteiger partial charge < -0.3 is 15.6 Å². The molecule has 0 aliphatic carbocycles. The van der Waals surface area contributed by atoms with Crippen LogP contribution in [0, 0.1) is 0 Å². The molecule has 0 radical (unpaired) electrons. The highest BCUT2D eigenvalue weighted by Crippen LogP contribution is 2.20. The number of hydrogen-bond donors (Lipinski definition) is 2. The monoisotopic (exact) mass is 195 g/mol. The lowest BCUT2D eigenvalue weighted by Gasteiger charge is -2.12. The lowest BCUT2D eigenvalue weighted by Crippen LogP contribution is -2.10. The van der Waals surface area contributed by atoms with Gasteiger partial charge in [0.1, 0.15) is 5.75 Å². The Hall–Kier alpha value is -1.06. The molecule has 0 unspecified atom stereocenters. The van der Waals surface area contributed by atoms with E-state index in [4.69, 9.17) is 15.6 Å². The van der Waals surface area contributed by atoms with Crippen molar-refractivity contribution in [1.29, 1.82) is 0 Å². The minimum atomic E-state index is -0.0164. The van der Waals surface area contributed by atoms with Crippen LogP contribution in [-0.2, 0) is 0 Å². The summed E-state index contributed by atoms with van der Waals surface area (Å²) in [7, 11) is 1.64. The fourth-order valence-corrected chi connectivity index (χ4v) is 1.35. The van der Waals surface area contributed by atoms with Crippen molar-refractivity contribution in [2.75, 3.05) is 13.7 Å². The molecule has 0 aliphatic rings. The van der Waals surface area contributed by atoms with Gasteiger partial charge in [-0.05, 0) is 30.5 Å². The van der Waals surface area contributed by atoms with Crippen molar-refractivity contribution >= 4 is 0 Å². The zero-order chi connectivity index (χ0) is 10.4. The van der Waals surface area contributed by atoms with Crippen LogP contribution in [-0.4, -0.2) is 18.8 Å². The van der Waals surface area contributed by atoms with Gasteiger partial charge in [0.05, 0.1) is 7.11 Å². The molecule has 0 aromatic heterocycles. The number of nitrogens with two attached hydrogens (primary N) is 1. The van der Waals surface area contributed by atoms with Gasteiger partial charge in [-0.1, -0.05) is 12.1 Å². The predicted molar refractivity (Wildman–Crippen MR) is 56.2 cm³/mol.